The third-order valence-electron chi connectivity index (χ3n) is 2.96. The van der Waals surface area contributed by atoms with Crippen molar-refractivity contribution in [2.45, 2.75) is 46.6 Å². The Morgan fingerprint density at radius 1 is 1.42 bits per heavy atom. The Balaban J connectivity index is 3.09. The molecule has 1 N–H and O–H groups in total. The fraction of sp³-hybridized carbons (Fsp3) is 0.692. The smallest absolute Gasteiger partial charge is 0.349 e. The molecule has 0 fully saturated rings. The number of nitrogens with zero attached hydrogens (tertiary/aromatic N) is 2. The molecule has 1 aromatic rings. The number of anilines is 1. The lowest BCUT2D eigenvalue weighted by Crippen LogP contribution is -2.37. The largest absolute Gasteiger partial charge is 0.477 e. The Bertz CT molecular complexity index is 430. The fourth-order valence-electron chi connectivity index (χ4n) is 2.05. The predicted molar refractivity (Wildman–Crippen MR) is 80.6 cm³/mol. The van der Waals surface area contributed by atoms with Gasteiger partial charge in [0.15, 0.2) is 15.2 Å². The molecule has 0 spiro atoms. The third kappa shape index (κ3) is 4.08. The van der Waals surface area contributed by atoms with E-state index in [1.54, 1.807) is 0 Å². The van der Waals surface area contributed by atoms with Gasteiger partial charge in [0.2, 0.25) is 0 Å². The van der Waals surface area contributed by atoms with Crippen LogP contribution in [0.3, 0.4) is 0 Å². The second kappa shape index (κ2) is 7.10. The minimum atomic E-state index is -1.01. The van der Waals surface area contributed by atoms with Gasteiger partial charge in [-0.05, 0) is 18.8 Å². The van der Waals surface area contributed by atoms with Crippen LogP contribution < -0.4 is 4.90 Å². The van der Waals surface area contributed by atoms with E-state index in [1.165, 1.54) is 0 Å². The van der Waals surface area contributed by atoms with E-state index in [4.69, 9.17) is 16.7 Å². The minimum absolute atomic E-state index is 0.0900. The Hall–Kier alpha value is -0.810. The van der Waals surface area contributed by atoms with Crippen LogP contribution >= 0.6 is 22.9 Å². The molecule has 4 nitrogen and oxygen atoms in total. The van der Waals surface area contributed by atoms with Gasteiger partial charge in [0.25, 0.3) is 0 Å². The lowest BCUT2D eigenvalue weighted by atomic mass is 10.1. The van der Waals surface area contributed by atoms with Crippen molar-refractivity contribution in [1.29, 1.82) is 0 Å². The summed E-state index contributed by atoms with van der Waals surface area (Å²) in [7, 11) is 0. The summed E-state index contributed by atoms with van der Waals surface area (Å²) in [6.45, 7) is 9.41. The second-order valence-corrected chi connectivity index (χ2v) is 6.27. The van der Waals surface area contributed by atoms with Crippen LogP contribution in [0, 0.1) is 5.92 Å². The summed E-state index contributed by atoms with van der Waals surface area (Å²) in [5, 5.41) is 9.87. The molecule has 0 saturated heterocycles. The number of halogens is 1. The Labute approximate surface area is 123 Å². The Kier molecular flexibility index (Phi) is 6.07. The molecular formula is C13H21ClN2O2S. The van der Waals surface area contributed by atoms with Crippen LogP contribution in [-0.2, 0) is 0 Å². The number of rotatable bonds is 7. The molecule has 0 aliphatic heterocycles. The van der Waals surface area contributed by atoms with Crippen molar-refractivity contribution in [3.8, 4) is 0 Å². The highest BCUT2D eigenvalue weighted by atomic mass is 35.5. The minimum Gasteiger partial charge on any atom is -0.477 e. The SMILES string of the molecule is CCC(CC)N(CC(C)C)c1nc(Cl)c(C(=O)O)s1. The molecule has 1 aromatic heterocycles. The van der Waals surface area contributed by atoms with Crippen LogP contribution in [0.25, 0.3) is 0 Å². The van der Waals surface area contributed by atoms with Gasteiger partial charge in [0.1, 0.15) is 0 Å². The van der Waals surface area contributed by atoms with E-state index in [0.29, 0.717) is 17.1 Å². The number of thiazole rings is 1. The number of aromatic carboxylic acids is 1. The summed E-state index contributed by atoms with van der Waals surface area (Å²) >= 11 is 7.06. The highest BCUT2D eigenvalue weighted by Crippen LogP contribution is 2.32. The van der Waals surface area contributed by atoms with Gasteiger partial charge in [-0.25, -0.2) is 9.78 Å². The van der Waals surface area contributed by atoms with Gasteiger partial charge in [0.05, 0.1) is 0 Å². The van der Waals surface area contributed by atoms with E-state index in [0.717, 1.165) is 30.7 Å². The van der Waals surface area contributed by atoms with Gasteiger partial charge >= 0.3 is 5.97 Å². The molecular weight excluding hydrogens is 284 g/mol. The molecule has 0 saturated carbocycles. The molecule has 19 heavy (non-hydrogen) atoms. The van der Waals surface area contributed by atoms with Crippen molar-refractivity contribution < 1.29 is 9.90 Å². The second-order valence-electron chi connectivity index (χ2n) is 4.94. The van der Waals surface area contributed by atoms with E-state index in [1.807, 2.05) is 0 Å². The molecule has 0 atom stereocenters. The van der Waals surface area contributed by atoms with Crippen molar-refractivity contribution in [2.24, 2.45) is 5.92 Å². The van der Waals surface area contributed by atoms with Crippen LogP contribution in [0.15, 0.2) is 0 Å². The van der Waals surface area contributed by atoms with Crippen LogP contribution in [0.5, 0.6) is 0 Å². The van der Waals surface area contributed by atoms with Crippen molar-refractivity contribution >= 4 is 34.0 Å². The summed E-state index contributed by atoms with van der Waals surface area (Å²) in [6, 6.07) is 0.367. The zero-order valence-electron chi connectivity index (χ0n) is 11.8. The predicted octanol–water partition coefficient (Wildman–Crippen LogP) is 4.15. The summed E-state index contributed by atoms with van der Waals surface area (Å²) in [5.74, 6) is -0.528. The molecule has 0 aliphatic carbocycles. The normalized spacial score (nSPS) is 11.3. The van der Waals surface area contributed by atoms with Gasteiger partial charge in [-0.1, -0.05) is 50.6 Å². The molecule has 1 rings (SSSR count). The summed E-state index contributed by atoms with van der Waals surface area (Å²) in [4.78, 5) is 17.6. The number of carbonyl (C=O) groups is 1. The first-order chi connectivity index (χ1) is 8.90. The van der Waals surface area contributed by atoms with Gasteiger partial charge in [-0.2, -0.15) is 0 Å². The lowest BCUT2D eigenvalue weighted by molar-refractivity contribution is 0.0702. The summed E-state index contributed by atoms with van der Waals surface area (Å²) in [6.07, 6.45) is 2.01. The van der Waals surface area contributed by atoms with E-state index in [2.05, 4.69) is 37.6 Å². The summed E-state index contributed by atoms with van der Waals surface area (Å²) in [5.41, 5.74) is 0. The maximum Gasteiger partial charge on any atom is 0.349 e. The number of carboxylic acid groups (broad SMARTS) is 1. The summed E-state index contributed by atoms with van der Waals surface area (Å²) < 4.78 is 0. The Morgan fingerprint density at radius 3 is 2.37 bits per heavy atom. The van der Waals surface area contributed by atoms with Crippen molar-refractivity contribution in [3.05, 3.63) is 10.0 Å². The molecule has 0 aromatic carbocycles. The fourth-order valence-corrected chi connectivity index (χ4v) is 3.26. The number of hydrogen-bond acceptors (Lipinski definition) is 4. The molecule has 0 bridgehead atoms. The molecule has 0 unspecified atom stereocenters. The quantitative estimate of drug-likeness (QED) is 0.822. The lowest BCUT2D eigenvalue weighted by Gasteiger charge is -2.31. The zero-order chi connectivity index (χ0) is 14.6. The van der Waals surface area contributed by atoms with Crippen molar-refractivity contribution in [3.63, 3.8) is 0 Å². The van der Waals surface area contributed by atoms with Crippen LogP contribution in [0.4, 0.5) is 5.13 Å². The maximum absolute atomic E-state index is 11.1. The monoisotopic (exact) mass is 304 g/mol. The molecule has 108 valence electrons. The van der Waals surface area contributed by atoms with E-state index < -0.39 is 5.97 Å². The van der Waals surface area contributed by atoms with Gasteiger partial charge in [-0.3, -0.25) is 0 Å². The molecule has 6 heteroatoms. The maximum atomic E-state index is 11.1. The van der Waals surface area contributed by atoms with Crippen LogP contribution in [-0.4, -0.2) is 28.6 Å². The van der Waals surface area contributed by atoms with Gasteiger partial charge in [0, 0.05) is 12.6 Å². The standard InChI is InChI=1S/C13H21ClN2O2S/c1-5-9(6-2)16(7-8(3)4)13-15-11(14)10(19-13)12(17)18/h8-9H,5-7H2,1-4H3,(H,17,18). The van der Waals surface area contributed by atoms with E-state index in [9.17, 15) is 4.79 Å². The topological polar surface area (TPSA) is 53.4 Å². The molecule has 0 radical (unpaired) electrons. The van der Waals surface area contributed by atoms with Crippen molar-refractivity contribution in [2.75, 3.05) is 11.4 Å². The van der Waals surface area contributed by atoms with E-state index >= 15 is 0 Å². The van der Waals surface area contributed by atoms with Gasteiger partial charge in [-0.15, -0.1) is 0 Å². The average Bonchev–Trinajstić information content (AvgIpc) is 2.71. The number of hydrogen-bond donors (Lipinski definition) is 1. The zero-order valence-corrected chi connectivity index (χ0v) is 13.4. The first-order valence-corrected chi connectivity index (χ1v) is 7.76. The number of carboxylic acids is 1. The average molecular weight is 305 g/mol. The van der Waals surface area contributed by atoms with E-state index in [-0.39, 0.29) is 10.0 Å². The molecule has 0 amide bonds. The Morgan fingerprint density at radius 2 is 2.00 bits per heavy atom. The van der Waals surface area contributed by atoms with Crippen LogP contribution in [0.1, 0.15) is 50.2 Å². The molecule has 0 aliphatic rings. The van der Waals surface area contributed by atoms with Gasteiger partial charge < -0.3 is 10.0 Å². The van der Waals surface area contributed by atoms with Crippen molar-refractivity contribution in [1.82, 2.24) is 4.98 Å². The highest BCUT2D eigenvalue weighted by molar-refractivity contribution is 7.18. The van der Waals surface area contributed by atoms with Crippen LogP contribution in [0.2, 0.25) is 5.15 Å². The first-order valence-electron chi connectivity index (χ1n) is 6.56. The highest BCUT2D eigenvalue weighted by Gasteiger charge is 2.24. The molecule has 1 heterocycles. The third-order valence-corrected chi connectivity index (χ3v) is 4.43. The first kappa shape index (κ1) is 16.2. The number of aromatic nitrogens is 1.